The van der Waals surface area contributed by atoms with E-state index in [0.717, 1.165) is 42.9 Å². The van der Waals surface area contributed by atoms with Crippen LogP contribution < -0.4 is 5.32 Å². The van der Waals surface area contributed by atoms with Crippen LogP contribution in [0.15, 0.2) is 24.3 Å². The summed E-state index contributed by atoms with van der Waals surface area (Å²) in [6, 6.07) is 8.68. The van der Waals surface area contributed by atoms with Gasteiger partial charge < -0.3 is 15.0 Å². The lowest BCUT2D eigenvalue weighted by Gasteiger charge is -2.27. The number of rotatable bonds is 3. The van der Waals surface area contributed by atoms with Gasteiger partial charge in [0, 0.05) is 12.6 Å². The number of aromatic nitrogens is 2. The van der Waals surface area contributed by atoms with Gasteiger partial charge in [-0.3, -0.25) is 0 Å². The van der Waals surface area contributed by atoms with Gasteiger partial charge in [-0.25, -0.2) is 4.98 Å². The molecule has 4 nitrogen and oxygen atoms in total. The summed E-state index contributed by atoms with van der Waals surface area (Å²) in [6.45, 7) is 3.79. The maximum absolute atomic E-state index is 5.54. The van der Waals surface area contributed by atoms with Crippen LogP contribution in [0, 0.1) is 0 Å². The van der Waals surface area contributed by atoms with Crippen LogP contribution in [0.4, 0.5) is 0 Å². The first-order valence-electron chi connectivity index (χ1n) is 6.60. The molecular formula is C14H19N3O. The summed E-state index contributed by atoms with van der Waals surface area (Å²) in [5, 5.41) is 3.56. The highest BCUT2D eigenvalue weighted by Gasteiger charge is 2.18. The van der Waals surface area contributed by atoms with E-state index in [1.165, 1.54) is 0 Å². The van der Waals surface area contributed by atoms with Crippen molar-refractivity contribution in [1.29, 1.82) is 0 Å². The van der Waals surface area contributed by atoms with E-state index >= 15 is 0 Å². The van der Waals surface area contributed by atoms with E-state index in [2.05, 4.69) is 28.3 Å². The fourth-order valence-electron chi connectivity index (χ4n) is 2.51. The number of ether oxygens (including phenoxy) is 1. The SMILES string of the molecule is CC1CC(NCc2nc3ccccc3[nH]2)CCO1. The topological polar surface area (TPSA) is 49.9 Å². The van der Waals surface area contributed by atoms with Gasteiger partial charge in [-0.2, -0.15) is 0 Å². The number of nitrogens with zero attached hydrogens (tertiary/aromatic N) is 1. The predicted molar refractivity (Wildman–Crippen MR) is 71.4 cm³/mol. The molecule has 1 aliphatic heterocycles. The molecule has 0 radical (unpaired) electrons. The van der Waals surface area contributed by atoms with Crippen molar-refractivity contribution in [2.75, 3.05) is 6.61 Å². The smallest absolute Gasteiger partial charge is 0.121 e. The largest absolute Gasteiger partial charge is 0.378 e. The molecule has 1 aliphatic rings. The molecule has 2 unspecified atom stereocenters. The zero-order valence-electron chi connectivity index (χ0n) is 10.6. The zero-order valence-corrected chi connectivity index (χ0v) is 10.6. The van der Waals surface area contributed by atoms with Gasteiger partial charge in [-0.1, -0.05) is 12.1 Å². The molecule has 1 saturated heterocycles. The maximum Gasteiger partial charge on any atom is 0.121 e. The van der Waals surface area contributed by atoms with Crippen molar-refractivity contribution < 1.29 is 4.74 Å². The van der Waals surface area contributed by atoms with Crippen LogP contribution in [0.1, 0.15) is 25.6 Å². The third-order valence-corrected chi connectivity index (χ3v) is 3.48. The number of hydrogen-bond donors (Lipinski definition) is 2. The average molecular weight is 245 g/mol. The molecule has 0 amide bonds. The lowest BCUT2D eigenvalue weighted by atomic mass is 10.0. The molecule has 2 aromatic rings. The third-order valence-electron chi connectivity index (χ3n) is 3.48. The summed E-state index contributed by atoms with van der Waals surface area (Å²) in [4.78, 5) is 7.91. The zero-order chi connectivity index (χ0) is 12.4. The summed E-state index contributed by atoms with van der Waals surface area (Å²) in [6.07, 6.45) is 2.54. The first kappa shape index (κ1) is 11.7. The van der Waals surface area contributed by atoms with Gasteiger partial charge in [-0.15, -0.1) is 0 Å². The van der Waals surface area contributed by atoms with E-state index in [9.17, 15) is 0 Å². The number of imidazole rings is 1. The van der Waals surface area contributed by atoms with Crippen LogP contribution >= 0.6 is 0 Å². The Bertz CT molecular complexity index is 489. The van der Waals surface area contributed by atoms with Gasteiger partial charge in [-0.05, 0) is 31.9 Å². The van der Waals surface area contributed by atoms with Crippen LogP contribution in [0.2, 0.25) is 0 Å². The summed E-state index contributed by atoms with van der Waals surface area (Å²) in [5.74, 6) is 1.01. The Kier molecular flexibility index (Phi) is 3.30. The number of fused-ring (bicyclic) bond motifs is 1. The van der Waals surface area contributed by atoms with Gasteiger partial charge >= 0.3 is 0 Å². The lowest BCUT2D eigenvalue weighted by Crippen LogP contribution is -2.37. The molecule has 2 N–H and O–H groups in total. The number of nitrogens with one attached hydrogen (secondary N) is 2. The first-order valence-corrected chi connectivity index (χ1v) is 6.60. The Morgan fingerprint density at radius 1 is 1.44 bits per heavy atom. The van der Waals surface area contributed by atoms with Gasteiger partial charge in [0.1, 0.15) is 5.82 Å². The standard InChI is InChI=1S/C14H19N3O/c1-10-8-11(6-7-18-10)15-9-14-16-12-4-2-3-5-13(12)17-14/h2-5,10-11,15H,6-9H2,1H3,(H,16,17). The minimum Gasteiger partial charge on any atom is -0.378 e. The van der Waals surface area contributed by atoms with Gasteiger partial charge in [0.2, 0.25) is 0 Å². The van der Waals surface area contributed by atoms with Gasteiger partial charge in [0.05, 0.1) is 23.7 Å². The molecular weight excluding hydrogens is 226 g/mol. The summed E-state index contributed by atoms with van der Waals surface area (Å²) in [5.41, 5.74) is 2.14. The van der Waals surface area contributed by atoms with Crippen molar-refractivity contribution in [3.63, 3.8) is 0 Å². The molecule has 0 spiro atoms. The molecule has 96 valence electrons. The second-order valence-electron chi connectivity index (χ2n) is 4.98. The molecule has 4 heteroatoms. The molecule has 1 aromatic heterocycles. The van der Waals surface area contributed by atoms with Crippen LogP contribution in [0.3, 0.4) is 0 Å². The van der Waals surface area contributed by atoms with Crippen molar-refractivity contribution >= 4 is 11.0 Å². The molecule has 0 bridgehead atoms. The van der Waals surface area contributed by atoms with Crippen LogP contribution in [-0.2, 0) is 11.3 Å². The van der Waals surface area contributed by atoms with E-state index in [1.54, 1.807) is 0 Å². The van der Waals surface area contributed by atoms with E-state index in [-0.39, 0.29) is 0 Å². The Balaban J connectivity index is 1.62. The van der Waals surface area contributed by atoms with Crippen LogP contribution in [-0.4, -0.2) is 28.7 Å². The van der Waals surface area contributed by atoms with Crippen molar-refractivity contribution in [3.8, 4) is 0 Å². The Hall–Kier alpha value is -1.39. The van der Waals surface area contributed by atoms with E-state index < -0.39 is 0 Å². The molecule has 0 aliphatic carbocycles. The van der Waals surface area contributed by atoms with Crippen molar-refractivity contribution in [1.82, 2.24) is 15.3 Å². The first-order chi connectivity index (χ1) is 8.81. The highest BCUT2D eigenvalue weighted by atomic mass is 16.5. The fourth-order valence-corrected chi connectivity index (χ4v) is 2.51. The quantitative estimate of drug-likeness (QED) is 0.871. The molecule has 1 fully saturated rings. The number of benzene rings is 1. The van der Waals surface area contributed by atoms with Gasteiger partial charge in [0.25, 0.3) is 0 Å². The summed E-state index contributed by atoms with van der Waals surface area (Å²) in [7, 11) is 0. The number of hydrogen-bond acceptors (Lipinski definition) is 3. The monoisotopic (exact) mass is 245 g/mol. The van der Waals surface area contributed by atoms with Crippen molar-refractivity contribution in [2.45, 2.75) is 38.5 Å². The van der Waals surface area contributed by atoms with E-state index in [4.69, 9.17) is 4.74 Å². The lowest BCUT2D eigenvalue weighted by molar-refractivity contribution is 0.0129. The highest BCUT2D eigenvalue weighted by Crippen LogP contribution is 2.14. The molecule has 2 heterocycles. The Morgan fingerprint density at radius 2 is 2.33 bits per heavy atom. The minimum absolute atomic E-state index is 0.368. The third kappa shape index (κ3) is 2.54. The number of H-pyrrole nitrogens is 1. The summed E-state index contributed by atoms with van der Waals surface area (Å²) >= 11 is 0. The molecule has 18 heavy (non-hydrogen) atoms. The predicted octanol–water partition coefficient (Wildman–Crippen LogP) is 2.22. The second-order valence-corrected chi connectivity index (χ2v) is 4.98. The molecule has 2 atom stereocenters. The Morgan fingerprint density at radius 3 is 3.17 bits per heavy atom. The average Bonchev–Trinajstić information content (AvgIpc) is 2.79. The Labute approximate surface area is 107 Å². The number of para-hydroxylation sites is 2. The van der Waals surface area contributed by atoms with E-state index in [0.29, 0.717) is 12.1 Å². The minimum atomic E-state index is 0.368. The van der Waals surface area contributed by atoms with Crippen molar-refractivity contribution in [2.24, 2.45) is 0 Å². The molecule has 0 saturated carbocycles. The number of aromatic amines is 1. The summed E-state index contributed by atoms with van der Waals surface area (Å²) < 4.78 is 5.54. The maximum atomic E-state index is 5.54. The van der Waals surface area contributed by atoms with Crippen molar-refractivity contribution in [3.05, 3.63) is 30.1 Å². The molecule has 3 rings (SSSR count). The van der Waals surface area contributed by atoms with Crippen LogP contribution in [0.5, 0.6) is 0 Å². The van der Waals surface area contributed by atoms with Crippen LogP contribution in [0.25, 0.3) is 11.0 Å². The molecule has 1 aromatic carbocycles. The van der Waals surface area contributed by atoms with Gasteiger partial charge in [0.15, 0.2) is 0 Å². The fraction of sp³-hybridized carbons (Fsp3) is 0.500. The second kappa shape index (κ2) is 5.08. The highest BCUT2D eigenvalue weighted by molar-refractivity contribution is 5.74. The normalized spacial score (nSPS) is 24.5. The van der Waals surface area contributed by atoms with E-state index in [1.807, 2.05) is 18.2 Å².